The predicted octanol–water partition coefficient (Wildman–Crippen LogP) is 7.26. The number of pyridine rings is 2. The smallest absolute Gasteiger partial charge is 0.421 e. The molecule has 0 amide bonds. The molecule has 0 radical (unpaired) electrons. The molecule has 0 spiro atoms. The minimum atomic E-state index is -4.78. The topological polar surface area (TPSA) is 139 Å². The van der Waals surface area contributed by atoms with Crippen LogP contribution in [0.4, 0.5) is 13.2 Å². The summed E-state index contributed by atoms with van der Waals surface area (Å²) >= 11 is 7.13. The minimum absolute atomic E-state index is 0.0492. The first-order chi connectivity index (χ1) is 26.4. The van der Waals surface area contributed by atoms with Gasteiger partial charge in [0.15, 0.2) is 0 Å². The van der Waals surface area contributed by atoms with Gasteiger partial charge in [0.25, 0.3) is 0 Å². The number of piperidine rings is 1. The fraction of sp³-hybridized carbons (Fsp3) is 0.425. The lowest BCUT2D eigenvalue weighted by molar-refractivity contribution is -0.140. The van der Waals surface area contributed by atoms with Crippen molar-refractivity contribution in [3.05, 3.63) is 87.4 Å². The summed E-state index contributed by atoms with van der Waals surface area (Å²) in [6.07, 6.45) is -2.04. The SMILES string of the molecule is COc1nc(-c2cccc(-c3cccc4c3CC[C@@H]4Oc3nc(OC)c(C(C)NCCC(=O)O)cc3C(F)(F)F)c2Cl)ccc1CNC[C@@H]1CCC2OC2N1. The lowest BCUT2D eigenvalue weighted by Crippen LogP contribution is -2.43. The van der Waals surface area contributed by atoms with Gasteiger partial charge in [-0.25, -0.2) is 4.98 Å². The van der Waals surface area contributed by atoms with Gasteiger partial charge in [-0.15, -0.1) is 0 Å². The summed E-state index contributed by atoms with van der Waals surface area (Å²) in [5.74, 6) is -1.17. The number of methoxy groups -OCH3 is 2. The lowest BCUT2D eigenvalue weighted by Gasteiger charge is -2.22. The van der Waals surface area contributed by atoms with Crippen molar-refractivity contribution in [3.8, 4) is 40.0 Å². The lowest BCUT2D eigenvalue weighted by atomic mass is 9.94. The number of benzene rings is 2. The summed E-state index contributed by atoms with van der Waals surface area (Å²) in [5, 5.41) is 19.4. The van der Waals surface area contributed by atoms with Crippen molar-refractivity contribution < 1.29 is 42.0 Å². The van der Waals surface area contributed by atoms with Gasteiger partial charge in [-0.1, -0.05) is 54.1 Å². The highest BCUT2D eigenvalue weighted by Gasteiger charge is 2.43. The molecule has 3 unspecified atom stereocenters. The summed E-state index contributed by atoms with van der Waals surface area (Å²) in [6, 6.07) is 15.9. The molecule has 2 aromatic heterocycles. The highest BCUT2D eigenvalue weighted by Crippen LogP contribution is 2.46. The molecule has 0 bridgehead atoms. The van der Waals surface area contributed by atoms with Crippen LogP contribution in [-0.2, 0) is 28.7 Å². The maximum atomic E-state index is 14.5. The largest absolute Gasteiger partial charge is 0.481 e. The van der Waals surface area contributed by atoms with Gasteiger partial charge >= 0.3 is 12.1 Å². The van der Waals surface area contributed by atoms with Gasteiger partial charge in [0.05, 0.1) is 37.5 Å². The van der Waals surface area contributed by atoms with Crippen LogP contribution in [0.25, 0.3) is 22.4 Å². The van der Waals surface area contributed by atoms with Crippen LogP contribution in [-0.4, -0.2) is 66.7 Å². The van der Waals surface area contributed by atoms with E-state index >= 15 is 0 Å². The second-order valence-corrected chi connectivity index (χ2v) is 14.4. The Labute approximate surface area is 321 Å². The molecule has 2 aliphatic heterocycles. The first-order valence-electron chi connectivity index (χ1n) is 18.3. The zero-order chi connectivity index (χ0) is 38.9. The molecule has 4 heterocycles. The number of nitrogens with one attached hydrogen (secondary N) is 3. The third-order valence-electron chi connectivity index (χ3n) is 10.4. The standard InChI is InChI=1S/C40H43ClF3N5O6/c1-21(46-17-16-34(50)51)29-18-30(40(42,43)44)38(49-37(29)53-3)54-32-15-12-25-24(6-4-7-26(25)32)27-8-5-9-28(35(27)41)31-13-10-22(36(48-31)52-2)19-45-20-23-11-14-33-39(47-23)55-33/h4-10,13,18,21,23,32-33,39,45-47H,11-12,14-17,19-20H2,1-3H3,(H,50,51)/t21?,23-,32-,33?,39?/m0/s1. The molecule has 2 aromatic carbocycles. The Hall–Kier alpha value is -4.47. The maximum Gasteiger partial charge on any atom is 0.421 e. The van der Waals surface area contributed by atoms with Crippen molar-refractivity contribution in [2.75, 3.05) is 27.3 Å². The number of rotatable bonds is 15. The van der Waals surface area contributed by atoms with E-state index in [4.69, 9.17) is 40.6 Å². The summed E-state index contributed by atoms with van der Waals surface area (Å²) < 4.78 is 66.2. The summed E-state index contributed by atoms with van der Waals surface area (Å²) in [6.45, 7) is 3.05. The first-order valence-corrected chi connectivity index (χ1v) is 18.7. The van der Waals surface area contributed by atoms with E-state index in [1.807, 2.05) is 48.5 Å². The van der Waals surface area contributed by atoms with Crippen molar-refractivity contribution in [3.63, 3.8) is 0 Å². The Bertz CT molecular complexity index is 2050. The fourth-order valence-corrected chi connectivity index (χ4v) is 7.82. The van der Waals surface area contributed by atoms with E-state index in [1.165, 1.54) is 7.11 Å². The molecule has 55 heavy (non-hydrogen) atoms. The Kier molecular flexibility index (Phi) is 11.5. The van der Waals surface area contributed by atoms with Crippen LogP contribution in [0, 0.1) is 0 Å². The number of ether oxygens (including phenoxy) is 4. The van der Waals surface area contributed by atoms with Crippen LogP contribution in [0.2, 0.25) is 5.02 Å². The Morgan fingerprint density at radius 1 is 1.02 bits per heavy atom. The maximum absolute atomic E-state index is 14.5. The number of alkyl halides is 3. The molecule has 5 atom stereocenters. The van der Waals surface area contributed by atoms with Gasteiger partial charge in [0.2, 0.25) is 17.6 Å². The number of carboxylic acid groups (broad SMARTS) is 1. The van der Waals surface area contributed by atoms with E-state index in [9.17, 15) is 18.0 Å². The van der Waals surface area contributed by atoms with Crippen LogP contribution < -0.4 is 30.2 Å². The molecule has 2 fully saturated rings. The molecule has 11 nitrogen and oxygen atoms in total. The Morgan fingerprint density at radius 3 is 2.53 bits per heavy atom. The second-order valence-electron chi connectivity index (χ2n) is 14.0. The Morgan fingerprint density at radius 2 is 1.78 bits per heavy atom. The number of epoxide rings is 1. The summed E-state index contributed by atoms with van der Waals surface area (Å²) in [4.78, 5) is 20.0. The predicted molar refractivity (Wildman–Crippen MR) is 199 cm³/mol. The van der Waals surface area contributed by atoms with Gasteiger partial charge in [-0.05, 0) is 61.4 Å². The van der Waals surface area contributed by atoms with Gasteiger partial charge in [-0.3, -0.25) is 10.1 Å². The van der Waals surface area contributed by atoms with Crippen molar-refractivity contribution in [1.82, 2.24) is 25.9 Å². The molecule has 292 valence electrons. The molecule has 7 rings (SSSR count). The van der Waals surface area contributed by atoms with Crippen molar-refractivity contribution >= 4 is 17.6 Å². The Balaban J connectivity index is 1.11. The zero-order valence-corrected chi connectivity index (χ0v) is 31.4. The van der Waals surface area contributed by atoms with Gasteiger partial charge < -0.3 is 34.7 Å². The molecule has 3 aliphatic rings. The monoisotopic (exact) mass is 781 g/mol. The van der Waals surface area contributed by atoms with Crippen molar-refractivity contribution in [2.45, 2.75) is 82.3 Å². The number of hydrogen-bond acceptors (Lipinski definition) is 10. The molecule has 4 N–H and O–H groups in total. The molecular formula is C40H43ClF3N5O6. The number of carboxylic acids is 1. The number of aliphatic carboxylic acids is 1. The molecule has 2 saturated heterocycles. The first kappa shape index (κ1) is 38.8. The van der Waals surface area contributed by atoms with E-state index in [2.05, 4.69) is 20.9 Å². The van der Waals surface area contributed by atoms with Crippen molar-refractivity contribution in [2.24, 2.45) is 0 Å². The van der Waals surface area contributed by atoms with Crippen LogP contribution >= 0.6 is 11.6 Å². The average Bonchev–Trinajstić information content (AvgIpc) is 3.83. The highest BCUT2D eigenvalue weighted by molar-refractivity contribution is 6.36. The normalized spacial score (nSPS) is 20.7. The highest BCUT2D eigenvalue weighted by atomic mass is 35.5. The third-order valence-corrected chi connectivity index (χ3v) is 10.8. The van der Waals surface area contributed by atoms with Crippen molar-refractivity contribution in [1.29, 1.82) is 0 Å². The van der Waals surface area contributed by atoms with E-state index in [0.717, 1.165) is 53.3 Å². The number of carbonyl (C=O) groups is 1. The number of aromatic nitrogens is 2. The number of nitrogens with zero attached hydrogens (tertiary/aromatic N) is 2. The zero-order valence-electron chi connectivity index (χ0n) is 30.6. The van der Waals surface area contributed by atoms with Gasteiger partial charge in [0.1, 0.15) is 17.9 Å². The number of halogens is 4. The van der Waals surface area contributed by atoms with Crippen LogP contribution in [0.15, 0.2) is 54.6 Å². The molecule has 4 aromatic rings. The van der Waals surface area contributed by atoms with Crippen LogP contribution in [0.5, 0.6) is 17.6 Å². The van der Waals surface area contributed by atoms with E-state index in [-0.39, 0.29) is 30.6 Å². The van der Waals surface area contributed by atoms with E-state index < -0.39 is 35.7 Å². The van der Waals surface area contributed by atoms with E-state index in [0.29, 0.717) is 53.7 Å². The van der Waals surface area contributed by atoms with Crippen LogP contribution in [0.3, 0.4) is 0 Å². The molecule has 0 saturated carbocycles. The quantitative estimate of drug-likeness (QED) is 0.0907. The van der Waals surface area contributed by atoms with E-state index in [1.54, 1.807) is 14.0 Å². The molecule has 1 aliphatic carbocycles. The second kappa shape index (κ2) is 16.3. The molecular weight excluding hydrogens is 739 g/mol. The molecule has 15 heteroatoms. The minimum Gasteiger partial charge on any atom is -0.481 e. The van der Waals surface area contributed by atoms with Gasteiger partial charge in [0, 0.05) is 54.0 Å². The fourth-order valence-electron chi connectivity index (χ4n) is 7.49. The third kappa shape index (κ3) is 8.53. The number of fused-ring (bicyclic) bond motifs is 2. The van der Waals surface area contributed by atoms with Gasteiger partial charge in [-0.2, -0.15) is 18.2 Å². The number of hydrogen-bond donors (Lipinski definition) is 4. The van der Waals surface area contributed by atoms with Crippen LogP contribution in [0.1, 0.15) is 72.6 Å². The average molecular weight is 782 g/mol. The summed E-state index contributed by atoms with van der Waals surface area (Å²) in [5.41, 5.74) is 4.62. The summed E-state index contributed by atoms with van der Waals surface area (Å²) in [7, 11) is 2.90.